The highest BCUT2D eigenvalue weighted by molar-refractivity contribution is 6.42. The van der Waals surface area contributed by atoms with Crippen molar-refractivity contribution in [2.45, 2.75) is 6.42 Å². The van der Waals surface area contributed by atoms with E-state index < -0.39 is 18.7 Å². The minimum absolute atomic E-state index is 0.00123. The summed E-state index contributed by atoms with van der Waals surface area (Å²) in [5, 5.41) is 16.0. The molecule has 2 aromatic carbocycles. The first kappa shape index (κ1) is 30.4. The molecule has 3 aromatic rings. The van der Waals surface area contributed by atoms with Crippen LogP contribution in [0.2, 0.25) is 10.0 Å². The molecule has 0 fully saturated rings. The van der Waals surface area contributed by atoms with Crippen molar-refractivity contribution in [2.24, 2.45) is 5.73 Å². The van der Waals surface area contributed by atoms with Crippen LogP contribution in [0.15, 0.2) is 49.3 Å². The number of amides is 3. The van der Waals surface area contributed by atoms with Gasteiger partial charge in [0, 0.05) is 19.2 Å². The Morgan fingerprint density at radius 2 is 1.77 bits per heavy atom. The zero-order valence-corrected chi connectivity index (χ0v) is 23.6. The van der Waals surface area contributed by atoms with E-state index in [0.717, 1.165) is 16.5 Å². The minimum Gasteiger partial charge on any atom is -0.495 e. The number of methoxy groups -OCH3 is 2. The van der Waals surface area contributed by atoms with Crippen LogP contribution in [0.3, 0.4) is 0 Å². The van der Waals surface area contributed by atoms with Gasteiger partial charge in [-0.25, -0.2) is 14.8 Å². The Hall–Kier alpha value is -4.10. The Labute approximate surface area is 241 Å². The monoisotopic (exact) mass is 589 g/mol. The molecule has 0 radical (unpaired) electrons. The van der Waals surface area contributed by atoms with Crippen LogP contribution in [0.5, 0.6) is 11.5 Å². The smallest absolute Gasteiger partial charge is 0.331 e. The summed E-state index contributed by atoms with van der Waals surface area (Å²) in [6.07, 6.45) is 3.03. The lowest BCUT2D eigenvalue weighted by molar-refractivity contribution is -0.111. The Bertz CT molecular complexity index is 1380. The average molecular weight is 590 g/mol. The van der Waals surface area contributed by atoms with E-state index >= 15 is 0 Å². The summed E-state index contributed by atoms with van der Waals surface area (Å²) in [4.78, 5) is 36.0. The Morgan fingerprint density at radius 3 is 2.35 bits per heavy atom. The van der Waals surface area contributed by atoms with Crippen molar-refractivity contribution in [3.8, 4) is 11.5 Å². The van der Waals surface area contributed by atoms with Crippen molar-refractivity contribution in [1.82, 2.24) is 9.97 Å². The lowest BCUT2D eigenvalue weighted by atomic mass is 10.1. The summed E-state index contributed by atoms with van der Waals surface area (Å²) < 4.78 is 10.5. The first-order chi connectivity index (χ1) is 19.2. The number of nitrogens with one attached hydrogen (secondary N) is 2. The molecule has 0 spiro atoms. The second-order valence-electron chi connectivity index (χ2n) is 8.17. The number of nitrogens with zero attached hydrogens (tertiary/aromatic N) is 4. The third kappa shape index (κ3) is 6.72. The number of aliphatic hydroxyl groups is 1. The van der Waals surface area contributed by atoms with Crippen LogP contribution >= 0.6 is 23.2 Å². The highest BCUT2D eigenvalue weighted by Gasteiger charge is 2.29. The van der Waals surface area contributed by atoms with E-state index in [0.29, 0.717) is 30.2 Å². The molecular weight excluding hydrogens is 561 g/mol. The number of urea groups is 1. The number of benzene rings is 2. The summed E-state index contributed by atoms with van der Waals surface area (Å²) in [6.45, 7) is 3.17. The van der Waals surface area contributed by atoms with Crippen molar-refractivity contribution >= 4 is 63.8 Å². The van der Waals surface area contributed by atoms with E-state index in [4.69, 9.17) is 38.4 Å². The van der Waals surface area contributed by atoms with E-state index in [1.165, 1.54) is 44.6 Å². The minimum atomic E-state index is -0.767. The van der Waals surface area contributed by atoms with Gasteiger partial charge in [-0.3, -0.25) is 14.6 Å². The molecule has 5 N–H and O–H groups in total. The lowest BCUT2D eigenvalue weighted by Gasteiger charge is -2.28. The number of anilines is 5. The van der Waals surface area contributed by atoms with E-state index in [1.54, 1.807) is 12.1 Å². The molecular formula is C26H29Cl2N7O5. The van der Waals surface area contributed by atoms with Crippen LogP contribution in [0, 0.1) is 0 Å². The van der Waals surface area contributed by atoms with Crippen LogP contribution in [0.1, 0.15) is 5.56 Å². The standard InChI is InChI=1S/C26H29Cl2N7O5/c1-5-22(37)33-17-10-15(8-9-29)6-7-16(17)32-20-12-21(31-13-30-20)34(2)26(38)35(14-36)25-23(27)18(39-3)11-19(40-4)24(25)28/h5-7,10-13,36H,1,8-9,14,29H2,2-4H3,(H,33,37)(H,30,31,32). The highest BCUT2D eigenvalue weighted by Crippen LogP contribution is 2.46. The molecule has 0 unspecified atom stereocenters. The zero-order chi connectivity index (χ0) is 29.4. The van der Waals surface area contributed by atoms with E-state index in [2.05, 4.69) is 27.2 Å². The number of halogens is 2. The van der Waals surface area contributed by atoms with Gasteiger partial charge in [0.25, 0.3) is 0 Å². The number of nitrogens with two attached hydrogens (primary N) is 1. The highest BCUT2D eigenvalue weighted by atomic mass is 35.5. The predicted octanol–water partition coefficient (Wildman–Crippen LogP) is 4.18. The summed E-state index contributed by atoms with van der Waals surface area (Å²) >= 11 is 12.9. The molecule has 0 aliphatic rings. The topological polar surface area (TPSA) is 155 Å². The normalized spacial score (nSPS) is 10.5. The van der Waals surface area contributed by atoms with Gasteiger partial charge in [-0.2, -0.15) is 0 Å². The second-order valence-corrected chi connectivity index (χ2v) is 8.92. The molecule has 12 nitrogen and oxygen atoms in total. The van der Waals surface area contributed by atoms with Crippen molar-refractivity contribution in [3.63, 3.8) is 0 Å². The van der Waals surface area contributed by atoms with Gasteiger partial charge in [-0.15, -0.1) is 0 Å². The number of aromatic nitrogens is 2. The van der Waals surface area contributed by atoms with Crippen molar-refractivity contribution < 1.29 is 24.2 Å². The van der Waals surface area contributed by atoms with Gasteiger partial charge < -0.3 is 30.9 Å². The second kappa shape index (κ2) is 13.8. The van der Waals surface area contributed by atoms with Crippen molar-refractivity contribution in [2.75, 3.05) is 55.0 Å². The first-order valence-electron chi connectivity index (χ1n) is 11.8. The average Bonchev–Trinajstić information content (AvgIpc) is 2.96. The van der Waals surface area contributed by atoms with E-state index in [1.807, 2.05) is 6.07 Å². The Balaban J connectivity index is 1.94. The fourth-order valence-corrected chi connectivity index (χ4v) is 4.37. The maximum Gasteiger partial charge on any atom is 0.331 e. The number of aliphatic hydroxyl groups excluding tert-OH is 1. The molecule has 0 saturated heterocycles. The molecule has 0 atom stereocenters. The lowest BCUT2D eigenvalue weighted by Crippen LogP contribution is -2.42. The Kier molecular flexibility index (Phi) is 10.5. The Morgan fingerprint density at radius 1 is 1.10 bits per heavy atom. The van der Waals surface area contributed by atoms with Crippen LogP contribution in [-0.4, -0.2) is 61.6 Å². The molecule has 3 amide bonds. The third-order valence-corrected chi connectivity index (χ3v) is 6.43. The van der Waals surface area contributed by atoms with E-state index in [-0.39, 0.29) is 33.0 Å². The van der Waals surface area contributed by atoms with Crippen LogP contribution < -0.4 is 35.6 Å². The van der Waals surface area contributed by atoms with Crippen molar-refractivity contribution in [1.29, 1.82) is 0 Å². The summed E-state index contributed by atoms with van der Waals surface area (Å²) in [5.41, 5.74) is 7.61. The molecule has 0 aliphatic heterocycles. The van der Waals surface area contributed by atoms with Crippen LogP contribution in [0.25, 0.3) is 0 Å². The number of rotatable bonds is 11. The number of hydrogen-bond donors (Lipinski definition) is 4. The SMILES string of the molecule is C=CC(=O)Nc1cc(CCN)ccc1Nc1cc(N(C)C(=O)N(CO)c2c(Cl)c(OC)cc(OC)c2Cl)ncn1. The number of carbonyl (C=O) groups is 2. The van der Waals surface area contributed by atoms with Gasteiger partial charge in [0.05, 0.1) is 31.3 Å². The molecule has 3 rings (SSSR count). The largest absolute Gasteiger partial charge is 0.495 e. The van der Waals surface area contributed by atoms with Crippen molar-refractivity contribution in [3.05, 3.63) is 64.9 Å². The van der Waals surface area contributed by atoms with Gasteiger partial charge in [-0.05, 0) is 36.7 Å². The van der Waals surface area contributed by atoms with Gasteiger partial charge in [-0.1, -0.05) is 35.8 Å². The molecule has 0 aliphatic carbocycles. The van der Waals surface area contributed by atoms with Crippen LogP contribution in [0.4, 0.5) is 33.5 Å². The molecule has 0 bridgehead atoms. The zero-order valence-electron chi connectivity index (χ0n) is 22.1. The van der Waals surface area contributed by atoms with Gasteiger partial charge in [0.2, 0.25) is 5.91 Å². The molecule has 14 heteroatoms. The third-order valence-electron chi connectivity index (χ3n) is 5.70. The predicted molar refractivity (Wildman–Crippen MR) is 156 cm³/mol. The number of ether oxygens (including phenoxy) is 2. The van der Waals surface area contributed by atoms with Gasteiger partial charge in [0.15, 0.2) is 0 Å². The van der Waals surface area contributed by atoms with Gasteiger partial charge in [0.1, 0.15) is 46.2 Å². The number of hydrogen-bond acceptors (Lipinski definition) is 9. The fourth-order valence-electron chi connectivity index (χ4n) is 3.66. The first-order valence-corrected chi connectivity index (χ1v) is 12.6. The van der Waals surface area contributed by atoms with Gasteiger partial charge >= 0.3 is 6.03 Å². The maximum atomic E-state index is 13.5. The maximum absolute atomic E-state index is 13.5. The molecule has 40 heavy (non-hydrogen) atoms. The van der Waals surface area contributed by atoms with Crippen LogP contribution in [-0.2, 0) is 11.2 Å². The summed E-state index contributed by atoms with van der Waals surface area (Å²) in [7, 11) is 4.24. The summed E-state index contributed by atoms with van der Waals surface area (Å²) in [6, 6.07) is 7.70. The molecule has 0 saturated carbocycles. The quantitative estimate of drug-likeness (QED) is 0.190. The number of carbonyl (C=O) groups excluding carboxylic acids is 2. The molecule has 1 heterocycles. The molecule has 212 valence electrons. The summed E-state index contributed by atoms with van der Waals surface area (Å²) in [5.74, 6) is 0.492. The van der Waals surface area contributed by atoms with E-state index in [9.17, 15) is 14.7 Å². The molecule has 1 aromatic heterocycles. The fraction of sp³-hybridized carbons (Fsp3) is 0.231.